The molecule has 2 rings (SSSR count). The van der Waals surface area contributed by atoms with E-state index < -0.39 is 0 Å². The highest BCUT2D eigenvalue weighted by molar-refractivity contribution is 5.39. The average Bonchev–Trinajstić information content (AvgIpc) is 2.71. The number of aryl methyl sites for hydroxylation is 5. The van der Waals surface area contributed by atoms with Crippen LogP contribution in [0.5, 0.6) is 0 Å². The molecule has 1 unspecified atom stereocenters. The van der Waals surface area contributed by atoms with E-state index in [1.165, 1.54) is 27.8 Å². The summed E-state index contributed by atoms with van der Waals surface area (Å²) in [6.07, 6.45) is 1.01. The van der Waals surface area contributed by atoms with Crippen LogP contribution in [0.15, 0.2) is 22.6 Å². The second-order valence-corrected chi connectivity index (χ2v) is 6.06. The molecule has 0 fully saturated rings. The van der Waals surface area contributed by atoms with Crippen LogP contribution in [0, 0.1) is 34.6 Å². The predicted molar refractivity (Wildman–Crippen MR) is 89.0 cm³/mol. The van der Waals surface area contributed by atoms with Crippen molar-refractivity contribution in [2.24, 2.45) is 0 Å². The largest absolute Gasteiger partial charge is 0.466 e. The molecular weight excluding hydrogens is 258 g/mol. The molecule has 2 nitrogen and oxygen atoms in total. The summed E-state index contributed by atoms with van der Waals surface area (Å²) in [6, 6.07) is 7.03. The van der Waals surface area contributed by atoms with Crippen LogP contribution in [-0.4, -0.2) is 6.54 Å². The molecule has 0 amide bonds. The van der Waals surface area contributed by atoms with Gasteiger partial charge in [0.15, 0.2) is 0 Å². The zero-order chi connectivity index (χ0) is 15.6. The first-order chi connectivity index (χ1) is 9.92. The van der Waals surface area contributed by atoms with Gasteiger partial charge in [-0.15, -0.1) is 0 Å². The second-order valence-electron chi connectivity index (χ2n) is 6.06. The van der Waals surface area contributed by atoms with Crippen LogP contribution < -0.4 is 5.32 Å². The fourth-order valence-electron chi connectivity index (χ4n) is 3.27. The predicted octanol–water partition coefficient (Wildman–Crippen LogP) is 4.72. The van der Waals surface area contributed by atoms with Crippen molar-refractivity contribution >= 4 is 0 Å². The van der Waals surface area contributed by atoms with Gasteiger partial charge in [-0.25, -0.2) is 0 Å². The number of furan rings is 1. The first-order valence-electron chi connectivity index (χ1n) is 7.79. The molecule has 0 spiro atoms. The molecule has 2 heteroatoms. The summed E-state index contributed by atoms with van der Waals surface area (Å²) >= 11 is 0. The van der Waals surface area contributed by atoms with Crippen molar-refractivity contribution in [1.82, 2.24) is 5.32 Å². The zero-order valence-electron chi connectivity index (χ0n) is 14.1. The molecule has 1 heterocycles. The monoisotopic (exact) mass is 285 g/mol. The van der Waals surface area contributed by atoms with E-state index in [1.807, 2.05) is 6.92 Å². The third kappa shape index (κ3) is 3.56. The number of hydrogen-bond donors (Lipinski definition) is 1. The van der Waals surface area contributed by atoms with Crippen molar-refractivity contribution in [3.8, 4) is 0 Å². The van der Waals surface area contributed by atoms with E-state index in [1.54, 1.807) is 0 Å². The maximum Gasteiger partial charge on any atom is 0.105 e. The highest BCUT2D eigenvalue weighted by Crippen LogP contribution is 2.27. The summed E-state index contributed by atoms with van der Waals surface area (Å²) < 4.78 is 5.72. The third-order valence-corrected chi connectivity index (χ3v) is 4.15. The molecule has 114 valence electrons. The molecule has 0 aliphatic carbocycles. The molecule has 0 bridgehead atoms. The van der Waals surface area contributed by atoms with Crippen LogP contribution in [0.3, 0.4) is 0 Å². The van der Waals surface area contributed by atoms with Crippen molar-refractivity contribution in [1.29, 1.82) is 0 Å². The maximum atomic E-state index is 5.72. The van der Waals surface area contributed by atoms with Crippen molar-refractivity contribution in [2.75, 3.05) is 6.54 Å². The van der Waals surface area contributed by atoms with E-state index in [2.05, 4.69) is 58.1 Å². The Kier molecular flexibility index (Phi) is 4.89. The number of rotatable bonds is 5. The quantitative estimate of drug-likeness (QED) is 0.860. The molecule has 0 saturated carbocycles. The van der Waals surface area contributed by atoms with Crippen LogP contribution >= 0.6 is 0 Å². The number of nitrogens with one attached hydrogen (secondary N) is 1. The van der Waals surface area contributed by atoms with Crippen LogP contribution in [0.1, 0.15) is 52.3 Å². The first kappa shape index (κ1) is 15.8. The SMILES string of the molecule is CCNC(Cc1c(C)cc(C)cc1C)c1cc(C)oc1C. The minimum absolute atomic E-state index is 0.313. The van der Waals surface area contributed by atoms with Crippen LogP contribution in [0.2, 0.25) is 0 Å². The number of likely N-dealkylation sites (N-methyl/N-ethyl adjacent to an activating group) is 1. The highest BCUT2D eigenvalue weighted by atomic mass is 16.3. The van der Waals surface area contributed by atoms with Gasteiger partial charge in [-0.05, 0) is 70.3 Å². The van der Waals surface area contributed by atoms with Gasteiger partial charge in [0, 0.05) is 11.6 Å². The Morgan fingerprint density at radius 2 is 1.62 bits per heavy atom. The van der Waals surface area contributed by atoms with E-state index >= 15 is 0 Å². The van der Waals surface area contributed by atoms with E-state index in [-0.39, 0.29) is 0 Å². The summed E-state index contributed by atoms with van der Waals surface area (Å²) in [6.45, 7) is 13.8. The molecule has 1 N–H and O–H groups in total. The van der Waals surface area contributed by atoms with E-state index in [0.29, 0.717) is 6.04 Å². The van der Waals surface area contributed by atoms with Crippen LogP contribution in [0.4, 0.5) is 0 Å². The topological polar surface area (TPSA) is 25.2 Å². The lowest BCUT2D eigenvalue weighted by atomic mass is 9.91. The maximum absolute atomic E-state index is 5.72. The molecule has 0 saturated heterocycles. The van der Waals surface area contributed by atoms with Gasteiger partial charge in [-0.2, -0.15) is 0 Å². The minimum atomic E-state index is 0.313. The van der Waals surface area contributed by atoms with Gasteiger partial charge in [-0.3, -0.25) is 0 Å². The van der Waals surface area contributed by atoms with Crippen LogP contribution in [-0.2, 0) is 6.42 Å². The summed E-state index contributed by atoms with van der Waals surface area (Å²) in [5.74, 6) is 2.02. The van der Waals surface area contributed by atoms with E-state index in [9.17, 15) is 0 Å². The van der Waals surface area contributed by atoms with Crippen molar-refractivity contribution in [2.45, 2.75) is 54.0 Å². The Bertz CT molecular complexity index is 601. The van der Waals surface area contributed by atoms with Crippen molar-refractivity contribution in [3.63, 3.8) is 0 Å². The van der Waals surface area contributed by atoms with Gasteiger partial charge >= 0.3 is 0 Å². The molecule has 1 aromatic carbocycles. The lowest BCUT2D eigenvalue weighted by Gasteiger charge is -2.20. The Morgan fingerprint density at radius 1 is 1.00 bits per heavy atom. The van der Waals surface area contributed by atoms with Gasteiger partial charge in [0.05, 0.1) is 0 Å². The fraction of sp³-hybridized carbons (Fsp3) is 0.474. The number of hydrogen-bond acceptors (Lipinski definition) is 2. The summed E-state index contributed by atoms with van der Waals surface area (Å²) in [5, 5.41) is 3.61. The Labute approximate surface area is 128 Å². The third-order valence-electron chi connectivity index (χ3n) is 4.15. The smallest absolute Gasteiger partial charge is 0.105 e. The van der Waals surface area contributed by atoms with Gasteiger partial charge < -0.3 is 9.73 Å². The molecule has 2 aromatic rings. The van der Waals surface area contributed by atoms with Crippen molar-refractivity contribution < 1.29 is 4.42 Å². The molecule has 1 aromatic heterocycles. The van der Waals surface area contributed by atoms with Gasteiger partial charge in [0.1, 0.15) is 11.5 Å². The molecular formula is C19H27NO. The minimum Gasteiger partial charge on any atom is -0.466 e. The first-order valence-corrected chi connectivity index (χ1v) is 7.79. The highest BCUT2D eigenvalue weighted by Gasteiger charge is 2.18. The Morgan fingerprint density at radius 3 is 2.10 bits per heavy atom. The van der Waals surface area contributed by atoms with Gasteiger partial charge in [-0.1, -0.05) is 24.6 Å². The fourth-order valence-corrected chi connectivity index (χ4v) is 3.27. The van der Waals surface area contributed by atoms with Gasteiger partial charge in [0.25, 0.3) is 0 Å². The van der Waals surface area contributed by atoms with Crippen LogP contribution in [0.25, 0.3) is 0 Å². The van der Waals surface area contributed by atoms with Gasteiger partial charge in [0.2, 0.25) is 0 Å². The summed E-state index contributed by atoms with van der Waals surface area (Å²) in [7, 11) is 0. The second kappa shape index (κ2) is 6.48. The normalized spacial score (nSPS) is 12.7. The van der Waals surface area contributed by atoms with E-state index in [4.69, 9.17) is 4.42 Å². The Balaban J connectivity index is 2.35. The Hall–Kier alpha value is -1.54. The summed E-state index contributed by atoms with van der Waals surface area (Å²) in [4.78, 5) is 0. The molecule has 0 aliphatic rings. The zero-order valence-corrected chi connectivity index (χ0v) is 14.1. The lowest BCUT2D eigenvalue weighted by Crippen LogP contribution is -2.24. The summed E-state index contributed by atoms with van der Waals surface area (Å²) in [5.41, 5.74) is 6.84. The molecule has 21 heavy (non-hydrogen) atoms. The molecule has 0 radical (unpaired) electrons. The lowest BCUT2D eigenvalue weighted by molar-refractivity contribution is 0.484. The molecule has 1 atom stereocenters. The van der Waals surface area contributed by atoms with E-state index in [0.717, 1.165) is 24.5 Å². The standard InChI is InChI=1S/C19H27NO/c1-7-20-19(18-10-15(5)21-16(18)6)11-17-13(3)8-12(2)9-14(17)4/h8-10,19-20H,7,11H2,1-6H3. The average molecular weight is 285 g/mol. The molecule has 0 aliphatic heterocycles. The van der Waals surface area contributed by atoms with Crippen molar-refractivity contribution in [3.05, 3.63) is 57.5 Å². The number of benzene rings is 1.